The molecule has 0 radical (unpaired) electrons. The van der Waals surface area contributed by atoms with Gasteiger partial charge in [-0.1, -0.05) is 18.2 Å². The average molecular weight is 209 g/mol. The predicted molar refractivity (Wildman–Crippen MR) is 56.1 cm³/mol. The summed E-state index contributed by atoms with van der Waals surface area (Å²) in [5, 5.41) is 8.68. The second kappa shape index (κ2) is 5.26. The number of halogens is 1. The van der Waals surface area contributed by atoms with Gasteiger partial charge >= 0.3 is 5.97 Å². The van der Waals surface area contributed by atoms with Crippen molar-refractivity contribution in [2.24, 2.45) is 5.73 Å². The van der Waals surface area contributed by atoms with E-state index in [9.17, 15) is 9.18 Å². The molecule has 0 bridgehead atoms. The third-order valence-electron chi connectivity index (χ3n) is 1.86. The summed E-state index contributed by atoms with van der Waals surface area (Å²) in [6.45, 7) is 0.531. The molecule has 3 N–H and O–H groups in total. The molecule has 0 heterocycles. The molecule has 0 aromatic heterocycles. The van der Waals surface area contributed by atoms with Crippen LogP contribution in [0.25, 0.3) is 6.08 Å². The number of hydrogen-bond donors (Lipinski definition) is 2. The number of rotatable bonds is 4. The van der Waals surface area contributed by atoms with Gasteiger partial charge in [0, 0.05) is 0 Å². The summed E-state index contributed by atoms with van der Waals surface area (Å²) >= 11 is 0. The van der Waals surface area contributed by atoms with Crippen molar-refractivity contribution in [1.82, 2.24) is 0 Å². The van der Waals surface area contributed by atoms with Gasteiger partial charge in [-0.3, -0.25) is 0 Å². The minimum absolute atomic E-state index is 0.315. The number of nitrogens with two attached hydrogens (primary N) is 1. The summed E-state index contributed by atoms with van der Waals surface area (Å²) in [6.07, 6.45) is 4.25. The van der Waals surface area contributed by atoms with Crippen molar-refractivity contribution >= 4 is 12.0 Å². The van der Waals surface area contributed by atoms with E-state index in [1.165, 1.54) is 12.1 Å². The Morgan fingerprint density at radius 2 is 2.27 bits per heavy atom. The molecule has 0 saturated carbocycles. The number of carboxylic acid groups (broad SMARTS) is 1. The van der Waals surface area contributed by atoms with Gasteiger partial charge in [0.1, 0.15) is 5.82 Å². The lowest BCUT2D eigenvalue weighted by Gasteiger charge is -1.99. The van der Waals surface area contributed by atoms with E-state index in [0.717, 1.165) is 6.07 Å². The normalized spacial score (nSPS) is 10.8. The van der Waals surface area contributed by atoms with Gasteiger partial charge in [0.05, 0.1) is 5.56 Å². The largest absolute Gasteiger partial charge is 0.478 e. The first-order chi connectivity index (χ1) is 7.15. The van der Waals surface area contributed by atoms with Gasteiger partial charge in [-0.15, -0.1) is 0 Å². The number of carbonyl (C=O) groups is 1. The van der Waals surface area contributed by atoms with Gasteiger partial charge in [0.25, 0.3) is 0 Å². The third-order valence-corrected chi connectivity index (χ3v) is 1.86. The Morgan fingerprint density at radius 1 is 1.53 bits per heavy atom. The van der Waals surface area contributed by atoms with Gasteiger partial charge in [0.15, 0.2) is 0 Å². The van der Waals surface area contributed by atoms with Crippen LogP contribution in [0.1, 0.15) is 22.3 Å². The molecule has 1 rings (SSSR count). The van der Waals surface area contributed by atoms with E-state index in [4.69, 9.17) is 10.8 Å². The monoisotopic (exact) mass is 209 g/mol. The average Bonchev–Trinajstić information content (AvgIpc) is 2.20. The predicted octanol–water partition coefficient (Wildman–Crippen LogP) is 1.89. The first kappa shape index (κ1) is 11.4. The van der Waals surface area contributed by atoms with Crippen molar-refractivity contribution < 1.29 is 14.3 Å². The Hall–Kier alpha value is -1.68. The fraction of sp³-hybridized carbons (Fsp3) is 0.182. The van der Waals surface area contributed by atoms with E-state index in [-0.39, 0.29) is 5.56 Å². The Labute approximate surface area is 87.0 Å². The zero-order valence-corrected chi connectivity index (χ0v) is 8.11. The Morgan fingerprint density at radius 3 is 2.87 bits per heavy atom. The van der Waals surface area contributed by atoms with Crippen molar-refractivity contribution in [3.05, 3.63) is 41.2 Å². The molecular formula is C11H12FNO2. The summed E-state index contributed by atoms with van der Waals surface area (Å²) < 4.78 is 13.0. The van der Waals surface area contributed by atoms with Gasteiger partial charge in [-0.05, 0) is 30.7 Å². The van der Waals surface area contributed by atoms with Crippen LogP contribution in [-0.4, -0.2) is 17.6 Å². The SMILES string of the molecule is NCCC=Cc1ccc(F)c(C(=O)O)c1. The van der Waals surface area contributed by atoms with Crippen LogP contribution in [0.5, 0.6) is 0 Å². The maximum atomic E-state index is 13.0. The van der Waals surface area contributed by atoms with Crippen molar-refractivity contribution in [2.75, 3.05) is 6.54 Å². The van der Waals surface area contributed by atoms with E-state index in [1.54, 1.807) is 6.08 Å². The van der Waals surface area contributed by atoms with Crippen LogP contribution in [-0.2, 0) is 0 Å². The molecule has 0 aliphatic heterocycles. The Balaban J connectivity index is 2.92. The molecule has 15 heavy (non-hydrogen) atoms. The summed E-state index contributed by atoms with van der Waals surface area (Å²) in [5.74, 6) is -1.99. The maximum absolute atomic E-state index is 13.0. The van der Waals surface area contributed by atoms with Crippen LogP contribution >= 0.6 is 0 Å². The third kappa shape index (κ3) is 3.18. The van der Waals surface area contributed by atoms with Gasteiger partial charge < -0.3 is 10.8 Å². The lowest BCUT2D eigenvalue weighted by Crippen LogP contribution is -2.00. The molecule has 80 valence electrons. The summed E-state index contributed by atoms with van der Waals surface area (Å²) in [6, 6.07) is 3.96. The van der Waals surface area contributed by atoms with E-state index in [0.29, 0.717) is 18.5 Å². The molecule has 1 aromatic carbocycles. The second-order valence-electron chi connectivity index (χ2n) is 3.02. The molecule has 0 aliphatic carbocycles. The number of benzene rings is 1. The molecule has 1 aromatic rings. The molecule has 0 unspecified atom stereocenters. The van der Waals surface area contributed by atoms with E-state index in [1.807, 2.05) is 6.08 Å². The number of carboxylic acids is 1. The van der Waals surface area contributed by atoms with Crippen LogP contribution in [0, 0.1) is 5.82 Å². The van der Waals surface area contributed by atoms with Crippen LogP contribution in [0.15, 0.2) is 24.3 Å². The van der Waals surface area contributed by atoms with Gasteiger partial charge in [-0.25, -0.2) is 9.18 Å². The van der Waals surface area contributed by atoms with E-state index < -0.39 is 11.8 Å². The minimum atomic E-state index is -1.26. The summed E-state index contributed by atoms with van der Waals surface area (Å²) in [4.78, 5) is 10.6. The molecule has 0 amide bonds. The first-order valence-corrected chi connectivity index (χ1v) is 4.54. The van der Waals surface area contributed by atoms with Crippen LogP contribution in [0.4, 0.5) is 4.39 Å². The van der Waals surface area contributed by atoms with Crippen molar-refractivity contribution in [3.8, 4) is 0 Å². The van der Waals surface area contributed by atoms with Crippen LogP contribution < -0.4 is 5.73 Å². The van der Waals surface area contributed by atoms with E-state index >= 15 is 0 Å². The molecule has 0 aliphatic rings. The highest BCUT2D eigenvalue weighted by Gasteiger charge is 2.09. The fourth-order valence-electron chi connectivity index (χ4n) is 1.13. The standard InChI is InChI=1S/C11H12FNO2/c12-10-5-4-8(3-1-2-6-13)7-9(10)11(14)15/h1,3-5,7H,2,6,13H2,(H,14,15). The smallest absolute Gasteiger partial charge is 0.338 e. The first-order valence-electron chi connectivity index (χ1n) is 4.54. The lowest BCUT2D eigenvalue weighted by molar-refractivity contribution is 0.0692. The lowest BCUT2D eigenvalue weighted by atomic mass is 10.1. The van der Waals surface area contributed by atoms with Gasteiger partial charge in [-0.2, -0.15) is 0 Å². The van der Waals surface area contributed by atoms with Crippen molar-refractivity contribution in [3.63, 3.8) is 0 Å². The molecule has 0 saturated heterocycles. The maximum Gasteiger partial charge on any atom is 0.338 e. The van der Waals surface area contributed by atoms with Crippen molar-refractivity contribution in [1.29, 1.82) is 0 Å². The Bertz CT molecular complexity index is 388. The van der Waals surface area contributed by atoms with Crippen molar-refractivity contribution in [2.45, 2.75) is 6.42 Å². The number of aromatic carboxylic acids is 1. The fourth-order valence-corrected chi connectivity index (χ4v) is 1.13. The molecule has 3 nitrogen and oxygen atoms in total. The van der Waals surface area contributed by atoms with Crippen LogP contribution in [0.2, 0.25) is 0 Å². The highest BCUT2D eigenvalue weighted by molar-refractivity contribution is 5.88. The molecule has 0 spiro atoms. The second-order valence-corrected chi connectivity index (χ2v) is 3.02. The van der Waals surface area contributed by atoms with Gasteiger partial charge in [0.2, 0.25) is 0 Å². The zero-order valence-electron chi connectivity index (χ0n) is 8.11. The molecule has 0 atom stereocenters. The molecular weight excluding hydrogens is 197 g/mol. The molecule has 4 heteroatoms. The minimum Gasteiger partial charge on any atom is -0.478 e. The summed E-state index contributed by atoms with van der Waals surface area (Å²) in [7, 11) is 0. The quantitative estimate of drug-likeness (QED) is 0.795. The topological polar surface area (TPSA) is 63.3 Å². The summed E-state index contributed by atoms with van der Waals surface area (Å²) in [5.41, 5.74) is 5.63. The Kier molecular flexibility index (Phi) is 4.00. The van der Waals surface area contributed by atoms with E-state index in [2.05, 4.69) is 0 Å². The zero-order chi connectivity index (χ0) is 11.3. The number of hydrogen-bond acceptors (Lipinski definition) is 2. The molecule has 0 fully saturated rings. The highest BCUT2D eigenvalue weighted by atomic mass is 19.1. The van der Waals surface area contributed by atoms with Crippen LogP contribution in [0.3, 0.4) is 0 Å². The highest BCUT2D eigenvalue weighted by Crippen LogP contribution is 2.12.